The lowest BCUT2D eigenvalue weighted by Gasteiger charge is -2.48. The Morgan fingerprint density at radius 2 is 1.90 bits per heavy atom. The van der Waals surface area contributed by atoms with Gasteiger partial charge < -0.3 is 10.5 Å². The molecule has 2 N–H and O–H groups in total. The molecule has 4 atom stereocenters. The van der Waals surface area contributed by atoms with Crippen molar-refractivity contribution in [2.24, 2.45) is 29.4 Å². The molecule has 0 aromatic heterocycles. The van der Waals surface area contributed by atoms with E-state index in [0.29, 0.717) is 0 Å². The molecule has 1 heterocycles. The minimum Gasteiger partial charge on any atom is -0.375 e. The van der Waals surface area contributed by atoms with E-state index in [0.717, 1.165) is 36.8 Å². The van der Waals surface area contributed by atoms with E-state index in [4.69, 9.17) is 10.5 Å². The second-order valence-corrected chi connectivity index (χ2v) is 8.09. The molecule has 3 aliphatic rings. The summed E-state index contributed by atoms with van der Waals surface area (Å²) in [4.78, 5) is 0. The molecular formula is C19H35NO. The van der Waals surface area contributed by atoms with Crippen molar-refractivity contribution in [3.63, 3.8) is 0 Å². The van der Waals surface area contributed by atoms with Crippen LogP contribution in [0.5, 0.6) is 0 Å². The van der Waals surface area contributed by atoms with Gasteiger partial charge in [0.15, 0.2) is 0 Å². The molecule has 0 aromatic rings. The topological polar surface area (TPSA) is 35.2 Å². The van der Waals surface area contributed by atoms with Gasteiger partial charge in [-0.05, 0) is 68.7 Å². The van der Waals surface area contributed by atoms with Crippen molar-refractivity contribution in [2.75, 3.05) is 13.2 Å². The second-order valence-electron chi connectivity index (χ2n) is 8.09. The molecule has 3 rings (SSSR count). The fourth-order valence-electron chi connectivity index (χ4n) is 5.58. The lowest BCUT2D eigenvalue weighted by molar-refractivity contribution is -0.131. The number of hydrogen-bond donors (Lipinski definition) is 1. The maximum atomic E-state index is 6.32. The van der Waals surface area contributed by atoms with Crippen molar-refractivity contribution in [1.82, 2.24) is 0 Å². The first-order valence-electron chi connectivity index (χ1n) is 9.60. The molecule has 0 bridgehead atoms. The molecular weight excluding hydrogens is 258 g/mol. The number of ether oxygens (including phenoxy) is 1. The monoisotopic (exact) mass is 293 g/mol. The van der Waals surface area contributed by atoms with E-state index in [1.54, 1.807) is 0 Å². The van der Waals surface area contributed by atoms with Crippen molar-refractivity contribution in [1.29, 1.82) is 0 Å². The Kier molecular flexibility index (Phi) is 5.27. The smallest absolute Gasteiger partial charge is 0.0685 e. The quantitative estimate of drug-likeness (QED) is 0.830. The lowest BCUT2D eigenvalue weighted by Crippen LogP contribution is -2.46. The summed E-state index contributed by atoms with van der Waals surface area (Å²) in [6.45, 7) is 4.29. The summed E-state index contributed by atoms with van der Waals surface area (Å²) in [5.74, 6) is 3.52. The zero-order valence-corrected chi connectivity index (χ0v) is 14.0. The van der Waals surface area contributed by atoms with Crippen LogP contribution >= 0.6 is 0 Å². The SMILES string of the molecule is CCC1CCC(CN)C(C2CCOC3(CCCCC3)C2)C1. The maximum Gasteiger partial charge on any atom is 0.0685 e. The van der Waals surface area contributed by atoms with Crippen LogP contribution in [0.25, 0.3) is 0 Å². The summed E-state index contributed by atoms with van der Waals surface area (Å²) in [6.07, 6.45) is 15.1. The predicted octanol–water partition coefficient (Wildman–Crippen LogP) is 4.52. The lowest BCUT2D eigenvalue weighted by atomic mass is 9.63. The van der Waals surface area contributed by atoms with Gasteiger partial charge in [-0.2, -0.15) is 0 Å². The first-order chi connectivity index (χ1) is 10.3. The third kappa shape index (κ3) is 3.47. The molecule has 1 spiro atoms. The number of nitrogens with two attached hydrogens (primary N) is 1. The Hall–Kier alpha value is -0.0800. The fourth-order valence-corrected chi connectivity index (χ4v) is 5.58. The molecule has 21 heavy (non-hydrogen) atoms. The molecule has 2 saturated carbocycles. The highest BCUT2D eigenvalue weighted by molar-refractivity contribution is 4.94. The van der Waals surface area contributed by atoms with Gasteiger partial charge in [0, 0.05) is 6.61 Å². The van der Waals surface area contributed by atoms with Crippen LogP contribution in [0.1, 0.15) is 77.6 Å². The molecule has 3 fully saturated rings. The van der Waals surface area contributed by atoms with E-state index in [1.807, 2.05) is 0 Å². The van der Waals surface area contributed by atoms with Gasteiger partial charge in [0.05, 0.1) is 5.60 Å². The van der Waals surface area contributed by atoms with Crippen LogP contribution in [0.2, 0.25) is 0 Å². The summed E-state index contributed by atoms with van der Waals surface area (Å²) in [7, 11) is 0. The summed E-state index contributed by atoms with van der Waals surface area (Å²) >= 11 is 0. The first kappa shape index (κ1) is 15.8. The van der Waals surface area contributed by atoms with Crippen LogP contribution < -0.4 is 5.73 Å². The van der Waals surface area contributed by atoms with Gasteiger partial charge in [-0.1, -0.05) is 39.0 Å². The molecule has 4 unspecified atom stereocenters. The van der Waals surface area contributed by atoms with Crippen molar-refractivity contribution < 1.29 is 4.74 Å². The van der Waals surface area contributed by atoms with Crippen LogP contribution in [0.4, 0.5) is 0 Å². The van der Waals surface area contributed by atoms with E-state index in [1.165, 1.54) is 70.6 Å². The largest absolute Gasteiger partial charge is 0.375 e. The van der Waals surface area contributed by atoms with Crippen LogP contribution in [0.3, 0.4) is 0 Å². The Morgan fingerprint density at radius 1 is 1.10 bits per heavy atom. The number of rotatable bonds is 3. The first-order valence-corrected chi connectivity index (χ1v) is 9.60. The second kappa shape index (κ2) is 7.00. The number of hydrogen-bond acceptors (Lipinski definition) is 2. The fraction of sp³-hybridized carbons (Fsp3) is 1.00. The minimum atomic E-state index is 0.263. The van der Waals surface area contributed by atoms with Crippen LogP contribution in [-0.2, 0) is 4.74 Å². The molecule has 2 heteroatoms. The van der Waals surface area contributed by atoms with Gasteiger partial charge in [-0.25, -0.2) is 0 Å². The van der Waals surface area contributed by atoms with Gasteiger partial charge in [-0.3, -0.25) is 0 Å². The summed E-state index contributed by atoms with van der Waals surface area (Å²) in [5.41, 5.74) is 6.39. The molecule has 1 saturated heterocycles. The Balaban J connectivity index is 1.68. The molecule has 1 aliphatic heterocycles. The average Bonchev–Trinajstić information content (AvgIpc) is 2.55. The summed E-state index contributed by atoms with van der Waals surface area (Å²) < 4.78 is 6.32. The predicted molar refractivity (Wildman–Crippen MR) is 88.2 cm³/mol. The van der Waals surface area contributed by atoms with E-state index < -0.39 is 0 Å². The van der Waals surface area contributed by atoms with E-state index in [2.05, 4.69) is 6.92 Å². The highest BCUT2D eigenvalue weighted by Gasteiger charge is 2.43. The van der Waals surface area contributed by atoms with Gasteiger partial charge in [0.2, 0.25) is 0 Å². The zero-order chi connectivity index (χ0) is 14.7. The molecule has 2 aliphatic carbocycles. The van der Waals surface area contributed by atoms with Gasteiger partial charge in [0.25, 0.3) is 0 Å². The standard InChI is InChI=1S/C19H35NO/c1-2-15-6-7-17(14-20)18(12-15)16-8-11-21-19(13-16)9-4-3-5-10-19/h15-18H,2-14,20H2,1H3. The average molecular weight is 293 g/mol. The highest BCUT2D eigenvalue weighted by Crippen LogP contribution is 2.48. The summed E-state index contributed by atoms with van der Waals surface area (Å²) in [6, 6.07) is 0. The third-order valence-corrected chi connectivity index (χ3v) is 6.94. The molecule has 2 nitrogen and oxygen atoms in total. The summed E-state index contributed by atoms with van der Waals surface area (Å²) in [5, 5.41) is 0. The Labute approximate surface area is 131 Å². The minimum absolute atomic E-state index is 0.263. The third-order valence-electron chi connectivity index (χ3n) is 6.94. The zero-order valence-electron chi connectivity index (χ0n) is 14.0. The molecule has 0 radical (unpaired) electrons. The maximum absolute atomic E-state index is 6.32. The molecule has 0 amide bonds. The normalized spacial score (nSPS) is 40.3. The van der Waals surface area contributed by atoms with E-state index in [9.17, 15) is 0 Å². The van der Waals surface area contributed by atoms with Crippen molar-refractivity contribution in [2.45, 2.75) is 83.2 Å². The molecule has 122 valence electrons. The van der Waals surface area contributed by atoms with E-state index >= 15 is 0 Å². The van der Waals surface area contributed by atoms with Crippen molar-refractivity contribution in [3.8, 4) is 0 Å². The van der Waals surface area contributed by atoms with Gasteiger partial charge in [-0.15, -0.1) is 0 Å². The highest BCUT2D eigenvalue weighted by atomic mass is 16.5. The van der Waals surface area contributed by atoms with Gasteiger partial charge >= 0.3 is 0 Å². The van der Waals surface area contributed by atoms with Gasteiger partial charge in [0.1, 0.15) is 0 Å². The van der Waals surface area contributed by atoms with Crippen LogP contribution in [-0.4, -0.2) is 18.8 Å². The van der Waals surface area contributed by atoms with Crippen LogP contribution in [0, 0.1) is 23.7 Å². The van der Waals surface area contributed by atoms with Crippen molar-refractivity contribution in [3.05, 3.63) is 0 Å². The van der Waals surface area contributed by atoms with E-state index in [-0.39, 0.29) is 5.60 Å². The Bertz CT molecular complexity index is 318. The Morgan fingerprint density at radius 3 is 2.62 bits per heavy atom. The van der Waals surface area contributed by atoms with Crippen molar-refractivity contribution >= 4 is 0 Å². The molecule has 0 aromatic carbocycles. The van der Waals surface area contributed by atoms with Crippen LogP contribution in [0.15, 0.2) is 0 Å².